The highest BCUT2D eigenvalue weighted by Gasteiger charge is 2.21. The first-order valence-electron chi connectivity index (χ1n) is 6.49. The molecule has 2 aromatic carbocycles. The molecule has 108 valence electrons. The Bertz CT molecular complexity index is 893. The number of nitrogens with one attached hydrogen (secondary N) is 1. The van der Waals surface area contributed by atoms with Crippen LogP contribution in [0.15, 0.2) is 58.5 Å². The summed E-state index contributed by atoms with van der Waals surface area (Å²) in [6.45, 7) is 1.92. The van der Waals surface area contributed by atoms with Gasteiger partial charge in [0, 0.05) is 17.1 Å². The van der Waals surface area contributed by atoms with Crippen molar-refractivity contribution in [1.82, 2.24) is 4.98 Å². The third-order valence-corrected chi connectivity index (χ3v) is 5.28. The molecule has 5 heteroatoms. The molecule has 1 aromatic heterocycles. The van der Waals surface area contributed by atoms with Crippen LogP contribution in [-0.4, -0.2) is 20.5 Å². The van der Waals surface area contributed by atoms with Gasteiger partial charge in [-0.05, 0) is 37.3 Å². The molecule has 0 aliphatic heterocycles. The Balaban J connectivity index is 2.21. The molecule has 0 aliphatic rings. The second kappa shape index (κ2) is 4.93. The number of sulfone groups is 1. The molecule has 0 bridgehead atoms. The van der Waals surface area contributed by atoms with Crippen molar-refractivity contribution in [3.05, 3.63) is 54.2 Å². The van der Waals surface area contributed by atoms with Crippen molar-refractivity contribution in [2.75, 3.05) is 7.11 Å². The minimum absolute atomic E-state index is 0.264. The molecule has 0 fully saturated rings. The molecule has 0 saturated heterocycles. The zero-order valence-corrected chi connectivity index (χ0v) is 12.6. The van der Waals surface area contributed by atoms with Gasteiger partial charge in [0.1, 0.15) is 5.75 Å². The molecule has 3 aromatic rings. The zero-order valence-electron chi connectivity index (χ0n) is 11.8. The third kappa shape index (κ3) is 2.29. The normalized spacial score (nSPS) is 11.7. The largest absolute Gasteiger partial charge is 0.497 e. The van der Waals surface area contributed by atoms with Crippen LogP contribution in [0.1, 0.15) is 5.56 Å². The average Bonchev–Trinajstić information content (AvgIpc) is 2.91. The molecule has 0 spiro atoms. The predicted molar refractivity (Wildman–Crippen MR) is 81.5 cm³/mol. The highest BCUT2D eigenvalue weighted by Crippen LogP contribution is 2.30. The Morgan fingerprint density at radius 3 is 2.43 bits per heavy atom. The maximum absolute atomic E-state index is 12.8. The summed E-state index contributed by atoms with van der Waals surface area (Å²) in [7, 11) is -1.99. The average molecular weight is 301 g/mol. The van der Waals surface area contributed by atoms with Crippen molar-refractivity contribution in [3.63, 3.8) is 0 Å². The Hall–Kier alpha value is -2.27. The molecule has 4 nitrogen and oxygen atoms in total. The lowest BCUT2D eigenvalue weighted by Crippen LogP contribution is -2.01. The van der Waals surface area contributed by atoms with E-state index in [0.29, 0.717) is 11.1 Å². The van der Waals surface area contributed by atoms with E-state index in [9.17, 15) is 8.42 Å². The summed E-state index contributed by atoms with van der Waals surface area (Å²) in [6, 6.07) is 12.2. The molecule has 0 amide bonds. The van der Waals surface area contributed by atoms with Crippen LogP contribution in [-0.2, 0) is 9.84 Å². The number of hydrogen-bond acceptors (Lipinski definition) is 3. The van der Waals surface area contributed by atoms with E-state index in [0.717, 1.165) is 11.1 Å². The number of aromatic amines is 1. The number of aryl methyl sites for hydroxylation is 1. The van der Waals surface area contributed by atoms with E-state index in [4.69, 9.17) is 4.74 Å². The summed E-state index contributed by atoms with van der Waals surface area (Å²) in [5.41, 5.74) is 1.79. The van der Waals surface area contributed by atoms with Crippen LogP contribution in [0.25, 0.3) is 10.9 Å². The molecule has 0 aliphatic carbocycles. The monoisotopic (exact) mass is 301 g/mol. The Morgan fingerprint density at radius 1 is 1.05 bits per heavy atom. The van der Waals surface area contributed by atoms with Crippen molar-refractivity contribution in [2.24, 2.45) is 0 Å². The topological polar surface area (TPSA) is 59.2 Å². The van der Waals surface area contributed by atoms with Gasteiger partial charge in [0.2, 0.25) is 9.84 Å². The second-order valence-corrected chi connectivity index (χ2v) is 6.80. The molecule has 0 saturated carbocycles. The molecule has 3 rings (SSSR count). The van der Waals surface area contributed by atoms with Crippen molar-refractivity contribution in [3.8, 4) is 5.75 Å². The van der Waals surface area contributed by atoms with Crippen molar-refractivity contribution in [2.45, 2.75) is 16.7 Å². The van der Waals surface area contributed by atoms with Gasteiger partial charge in [0.05, 0.1) is 16.9 Å². The minimum Gasteiger partial charge on any atom is -0.497 e. The van der Waals surface area contributed by atoms with E-state index < -0.39 is 9.84 Å². The summed E-state index contributed by atoms with van der Waals surface area (Å²) < 4.78 is 30.7. The smallest absolute Gasteiger partial charge is 0.208 e. The summed E-state index contributed by atoms with van der Waals surface area (Å²) in [5.74, 6) is 0.627. The van der Waals surface area contributed by atoms with Gasteiger partial charge < -0.3 is 9.72 Å². The van der Waals surface area contributed by atoms with Gasteiger partial charge in [-0.1, -0.05) is 17.7 Å². The van der Waals surface area contributed by atoms with Crippen LogP contribution < -0.4 is 4.74 Å². The lowest BCUT2D eigenvalue weighted by molar-refractivity contribution is 0.415. The van der Waals surface area contributed by atoms with Gasteiger partial charge in [-0.25, -0.2) is 8.42 Å². The first kappa shape index (κ1) is 13.7. The van der Waals surface area contributed by atoms with Crippen LogP contribution in [0.5, 0.6) is 5.75 Å². The lowest BCUT2D eigenvalue weighted by atomic mass is 10.2. The second-order valence-electron chi connectivity index (χ2n) is 4.88. The molecular weight excluding hydrogens is 286 g/mol. The van der Waals surface area contributed by atoms with Gasteiger partial charge in [-0.3, -0.25) is 0 Å². The first-order valence-corrected chi connectivity index (χ1v) is 7.97. The molecule has 0 radical (unpaired) electrons. The van der Waals surface area contributed by atoms with Crippen LogP contribution in [0, 0.1) is 6.92 Å². The number of rotatable bonds is 3. The fraction of sp³-hybridized carbons (Fsp3) is 0.125. The standard InChI is InChI=1S/C16H15NO3S/c1-11-3-6-13(7-4-11)21(18,19)16-10-17-15-8-5-12(20-2)9-14(15)16/h3-10,17H,1-2H3. The van der Waals surface area contributed by atoms with Gasteiger partial charge in [0.25, 0.3) is 0 Å². The van der Waals surface area contributed by atoms with E-state index in [1.807, 2.05) is 13.0 Å². The van der Waals surface area contributed by atoms with Gasteiger partial charge in [0.15, 0.2) is 0 Å². The minimum atomic E-state index is -3.55. The van der Waals surface area contributed by atoms with Crippen LogP contribution in [0.2, 0.25) is 0 Å². The molecular formula is C16H15NO3S. The third-order valence-electron chi connectivity index (χ3n) is 3.47. The lowest BCUT2D eigenvalue weighted by Gasteiger charge is -2.05. The van der Waals surface area contributed by atoms with E-state index >= 15 is 0 Å². The summed E-state index contributed by atoms with van der Waals surface area (Å²) in [6.07, 6.45) is 1.53. The Kier molecular flexibility index (Phi) is 3.22. The summed E-state index contributed by atoms with van der Waals surface area (Å²) in [5, 5.41) is 0.634. The number of H-pyrrole nitrogens is 1. The summed E-state index contributed by atoms with van der Waals surface area (Å²) >= 11 is 0. The quantitative estimate of drug-likeness (QED) is 0.807. The number of hydrogen-bond donors (Lipinski definition) is 1. The van der Waals surface area contributed by atoms with Gasteiger partial charge in [-0.2, -0.15) is 0 Å². The fourth-order valence-corrected chi connectivity index (χ4v) is 3.69. The number of ether oxygens (including phenoxy) is 1. The number of aromatic nitrogens is 1. The Morgan fingerprint density at radius 2 is 1.76 bits per heavy atom. The van der Waals surface area contributed by atoms with Crippen LogP contribution >= 0.6 is 0 Å². The van der Waals surface area contributed by atoms with E-state index in [-0.39, 0.29) is 9.79 Å². The zero-order chi connectivity index (χ0) is 15.0. The van der Waals surface area contributed by atoms with E-state index in [1.54, 1.807) is 43.5 Å². The van der Waals surface area contributed by atoms with E-state index in [1.165, 1.54) is 6.20 Å². The first-order chi connectivity index (χ1) is 10.0. The van der Waals surface area contributed by atoms with Crippen LogP contribution in [0.4, 0.5) is 0 Å². The number of fused-ring (bicyclic) bond motifs is 1. The predicted octanol–water partition coefficient (Wildman–Crippen LogP) is 3.32. The molecule has 21 heavy (non-hydrogen) atoms. The van der Waals surface area contributed by atoms with E-state index in [2.05, 4.69) is 4.98 Å². The highest BCUT2D eigenvalue weighted by molar-refractivity contribution is 7.91. The van der Waals surface area contributed by atoms with Crippen molar-refractivity contribution in [1.29, 1.82) is 0 Å². The maximum atomic E-state index is 12.8. The molecule has 0 atom stereocenters. The number of benzene rings is 2. The maximum Gasteiger partial charge on any atom is 0.208 e. The summed E-state index contributed by atoms with van der Waals surface area (Å²) in [4.78, 5) is 3.54. The SMILES string of the molecule is COc1ccc2[nH]cc(S(=O)(=O)c3ccc(C)cc3)c2c1. The van der Waals surface area contributed by atoms with Crippen molar-refractivity contribution >= 4 is 20.7 Å². The molecule has 0 unspecified atom stereocenters. The Labute approximate surface area is 123 Å². The van der Waals surface area contributed by atoms with Gasteiger partial charge in [-0.15, -0.1) is 0 Å². The van der Waals surface area contributed by atoms with Gasteiger partial charge >= 0.3 is 0 Å². The number of methoxy groups -OCH3 is 1. The van der Waals surface area contributed by atoms with Crippen molar-refractivity contribution < 1.29 is 13.2 Å². The highest BCUT2D eigenvalue weighted by atomic mass is 32.2. The fourth-order valence-electron chi connectivity index (χ4n) is 2.27. The van der Waals surface area contributed by atoms with Crippen LogP contribution in [0.3, 0.4) is 0 Å². The molecule has 1 N–H and O–H groups in total. The molecule has 1 heterocycles.